The molecule has 1 aliphatic rings. The van der Waals surface area contributed by atoms with E-state index in [0.717, 1.165) is 26.1 Å². The van der Waals surface area contributed by atoms with Gasteiger partial charge in [-0.25, -0.2) is 0 Å². The van der Waals surface area contributed by atoms with E-state index in [1.54, 1.807) is 0 Å². The van der Waals surface area contributed by atoms with Gasteiger partial charge in [0.05, 0.1) is 6.54 Å². The average Bonchev–Trinajstić information content (AvgIpc) is 2.97. The number of nitrogens with two attached hydrogens (primary N) is 1. The number of fused-ring (bicyclic) bond motifs is 1. The first kappa shape index (κ1) is 13.2. The minimum Gasteiger partial charge on any atom is -0.369 e. The molecule has 0 aliphatic carbocycles. The molecule has 2 aromatic rings. The zero-order valence-electron chi connectivity index (χ0n) is 12.0. The Labute approximate surface area is 120 Å². The number of rotatable bonds is 4. The quantitative estimate of drug-likeness (QED) is 0.927. The van der Waals surface area contributed by atoms with Crippen molar-refractivity contribution in [2.24, 2.45) is 5.73 Å². The third kappa shape index (κ3) is 2.70. The molecule has 0 bridgehead atoms. The lowest BCUT2D eigenvalue weighted by atomic mass is 9.97. The van der Waals surface area contributed by atoms with Crippen LogP contribution >= 0.6 is 0 Å². The van der Waals surface area contributed by atoms with Gasteiger partial charge in [-0.15, -0.1) is 0 Å². The van der Waals surface area contributed by atoms with Crippen LogP contribution in [0.4, 0.5) is 5.69 Å². The van der Waals surface area contributed by atoms with Gasteiger partial charge in [-0.05, 0) is 43.0 Å². The summed E-state index contributed by atoms with van der Waals surface area (Å²) in [4.78, 5) is 2.46. The molecule has 1 unspecified atom stereocenters. The van der Waals surface area contributed by atoms with E-state index in [1.165, 1.54) is 23.2 Å². The van der Waals surface area contributed by atoms with Crippen molar-refractivity contribution >= 4 is 5.69 Å². The molecule has 0 saturated heterocycles. The van der Waals surface area contributed by atoms with E-state index in [9.17, 15) is 0 Å². The molecule has 1 aromatic carbocycles. The predicted octanol–water partition coefficient (Wildman–Crippen LogP) is 2.36. The SMILES string of the molecule is CC(N)c1ccc2c(c1)CCCN2CCn1cccn1. The summed E-state index contributed by atoms with van der Waals surface area (Å²) < 4.78 is 1.99. The number of hydrogen-bond acceptors (Lipinski definition) is 3. The van der Waals surface area contributed by atoms with Crippen LogP contribution in [0, 0.1) is 0 Å². The third-order valence-corrected chi connectivity index (χ3v) is 4.00. The fourth-order valence-corrected chi connectivity index (χ4v) is 2.87. The van der Waals surface area contributed by atoms with Gasteiger partial charge in [0.1, 0.15) is 0 Å². The molecule has 0 amide bonds. The molecule has 2 N–H and O–H groups in total. The van der Waals surface area contributed by atoms with Gasteiger partial charge in [-0.2, -0.15) is 5.10 Å². The molecular weight excluding hydrogens is 248 g/mol. The Morgan fingerprint density at radius 2 is 2.25 bits per heavy atom. The van der Waals surface area contributed by atoms with Gasteiger partial charge in [-0.1, -0.05) is 12.1 Å². The first-order valence-electron chi connectivity index (χ1n) is 7.35. The lowest BCUT2D eigenvalue weighted by Gasteiger charge is -2.32. The second-order valence-corrected chi connectivity index (χ2v) is 5.54. The fraction of sp³-hybridized carbons (Fsp3) is 0.438. The zero-order chi connectivity index (χ0) is 13.9. The summed E-state index contributed by atoms with van der Waals surface area (Å²) in [5.74, 6) is 0. The summed E-state index contributed by atoms with van der Waals surface area (Å²) in [6.07, 6.45) is 6.23. The Morgan fingerprint density at radius 1 is 1.35 bits per heavy atom. The minimum absolute atomic E-state index is 0.111. The predicted molar refractivity (Wildman–Crippen MR) is 81.8 cm³/mol. The third-order valence-electron chi connectivity index (χ3n) is 4.00. The molecule has 0 spiro atoms. The highest BCUT2D eigenvalue weighted by Gasteiger charge is 2.17. The van der Waals surface area contributed by atoms with E-state index in [1.807, 2.05) is 30.1 Å². The molecule has 4 nitrogen and oxygen atoms in total. The maximum atomic E-state index is 5.98. The van der Waals surface area contributed by atoms with Crippen LogP contribution in [0.3, 0.4) is 0 Å². The summed E-state index contributed by atoms with van der Waals surface area (Å²) in [7, 11) is 0. The van der Waals surface area contributed by atoms with Crippen LogP contribution in [0.15, 0.2) is 36.7 Å². The number of aryl methyl sites for hydroxylation is 1. The number of aromatic nitrogens is 2. The molecule has 106 valence electrons. The Morgan fingerprint density at radius 3 is 3.00 bits per heavy atom. The molecule has 1 atom stereocenters. The number of hydrogen-bond donors (Lipinski definition) is 1. The Kier molecular flexibility index (Phi) is 3.74. The molecule has 2 heterocycles. The Hall–Kier alpha value is -1.81. The summed E-state index contributed by atoms with van der Waals surface area (Å²) in [6.45, 7) is 5.11. The number of nitrogens with zero attached hydrogens (tertiary/aromatic N) is 3. The minimum atomic E-state index is 0.111. The van der Waals surface area contributed by atoms with Crippen molar-refractivity contribution in [3.63, 3.8) is 0 Å². The molecule has 0 radical (unpaired) electrons. The van der Waals surface area contributed by atoms with E-state index in [-0.39, 0.29) is 6.04 Å². The Balaban J connectivity index is 1.76. The standard InChI is InChI=1S/C16H22N4/c1-13(17)14-5-6-16-15(12-14)4-2-8-19(16)10-11-20-9-3-7-18-20/h3,5-7,9,12-13H,2,4,8,10-11,17H2,1H3. The topological polar surface area (TPSA) is 47.1 Å². The van der Waals surface area contributed by atoms with Gasteiger partial charge < -0.3 is 10.6 Å². The number of anilines is 1. The number of benzene rings is 1. The van der Waals surface area contributed by atoms with Crippen molar-refractivity contribution in [2.75, 3.05) is 18.0 Å². The van der Waals surface area contributed by atoms with Crippen molar-refractivity contribution in [3.8, 4) is 0 Å². The van der Waals surface area contributed by atoms with Gasteiger partial charge in [0.2, 0.25) is 0 Å². The molecular formula is C16H22N4. The van der Waals surface area contributed by atoms with Gasteiger partial charge in [0, 0.05) is 37.2 Å². The van der Waals surface area contributed by atoms with E-state index >= 15 is 0 Å². The molecule has 20 heavy (non-hydrogen) atoms. The monoisotopic (exact) mass is 270 g/mol. The van der Waals surface area contributed by atoms with E-state index < -0.39 is 0 Å². The smallest absolute Gasteiger partial charge is 0.0584 e. The van der Waals surface area contributed by atoms with Crippen LogP contribution < -0.4 is 10.6 Å². The van der Waals surface area contributed by atoms with Crippen LogP contribution in [-0.2, 0) is 13.0 Å². The second kappa shape index (κ2) is 5.67. The first-order chi connectivity index (χ1) is 9.74. The van der Waals surface area contributed by atoms with Gasteiger partial charge in [0.25, 0.3) is 0 Å². The highest BCUT2D eigenvalue weighted by Crippen LogP contribution is 2.29. The summed E-state index contributed by atoms with van der Waals surface area (Å²) >= 11 is 0. The van der Waals surface area contributed by atoms with Crippen LogP contribution in [-0.4, -0.2) is 22.9 Å². The van der Waals surface area contributed by atoms with Crippen molar-refractivity contribution in [2.45, 2.75) is 32.4 Å². The molecule has 0 fully saturated rings. The summed E-state index contributed by atoms with van der Waals surface area (Å²) in [5, 5.41) is 4.27. The lowest BCUT2D eigenvalue weighted by molar-refractivity contribution is 0.578. The van der Waals surface area contributed by atoms with Crippen LogP contribution in [0.2, 0.25) is 0 Å². The maximum absolute atomic E-state index is 5.98. The molecule has 1 aromatic heterocycles. The van der Waals surface area contributed by atoms with E-state index in [2.05, 4.69) is 28.2 Å². The normalized spacial score (nSPS) is 16.0. The van der Waals surface area contributed by atoms with E-state index in [4.69, 9.17) is 5.73 Å². The van der Waals surface area contributed by atoms with Crippen molar-refractivity contribution in [3.05, 3.63) is 47.8 Å². The second-order valence-electron chi connectivity index (χ2n) is 5.54. The summed E-state index contributed by atoms with van der Waals surface area (Å²) in [6, 6.07) is 8.75. The van der Waals surface area contributed by atoms with Gasteiger partial charge >= 0.3 is 0 Å². The van der Waals surface area contributed by atoms with Crippen LogP contribution in [0.5, 0.6) is 0 Å². The maximum Gasteiger partial charge on any atom is 0.0584 e. The van der Waals surface area contributed by atoms with Gasteiger partial charge in [0.15, 0.2) is 0 Å². The van der Waals surface area contributed by atoms with Crippen molar-refractivity contribution in [1.82, 2.24) is 9.78 Å². The fourth-order valence-electron chi connectivity index (χ4n) is 2.87. The average molecular weight is 270 g/mol. The lowest BCUT2D eigenvalue weighted by Crippen LogP contribution is -2.32. The molecule has 0 saturated carbocycles. The zero-order valence-corrected chi connectivity index (χ0v) is 12.0. The molecule has 3 rings (SSSR count). The van der Waals surface area contributed by atoms with Crippen LogP contribution in [0.1, 0.15) is 30.5 Å². The Bertz CT molecular complexity index is 560. The van der Waals surface area contributed by atoms with Gasteiger partial charge in [-0.3, -0.25) is 4.68 Å². The highest BCUT2D eigenvalue weighted by molar-refractivity contribution is 5.57. The highest BCUT2D eigenvalue weighted by atomic mass is 15.3. The first-order valence-corrected chi connectivity index (χ1v) is 7.35. The largest absolute Gasteiger partial charge is 0.369 e. The van der Waals surface area contributed by atoms with E-state index in [0.29, 0.717) is 0 Å². The summed E-state index contributed by atoms with van der Waals surface area (Å²) in [5.41, 5.74) is 10.0. The molecule has 4 heteroatoms. The molecule has 1 aliphatic heterocycles. The van der Waals surface area contributed by atoms with Crippen LogP contribution in [0.25, 0.3) is 0 Å². The van der Waals surface area contributed by atoms with Crippen molar-refractivity contribution < 1.29 is 0 Å². The van der Waals surface area contributed by atoms with Crippen molar-refractivity contribution in [1.29, 1.82) is 0 Å².